The number of carbonyl (C=O) groups is 2. The molecule has 0 aromatic carbocycles. The van der Waals surface area contributed by atoms with Gasteiger partial charge >= 0.3 is 0 Å². The van der Waals surface area contributed by atoms with Crippen LogP contribution >= 0.6 is 0 Å². The van der Waals surface area contributed by atoms with Crippen LogP contribution in [0, 0.1) is 0 Å². The largest absolute Gasteiger partial charge is 0.347 e. The molecule has 0 aliphatic carbocycles. The molecule has 2 heterocycles. The molecule has 20 heavy (non-hydrogen) atoms. The lowest BCUT2D eigenvalue weighted by Crippen LogP contribution is -2.49. The van der Waals surface area contributed by atoms with Gasteiger partial charge < -0.3 is 10.3 Å². The highest BCUT2D eigenvalue weighted by molar-refractivity contribution is 6.04. The van der Waals surface area contributed by atoms with Crippen LogP contribution < -0.4 is 11.1 Å². The number of nitrogens with two attached hydrogens (primary N) is 1. The quantitative estimate of drug-likeness (QED) is 0.818. The maximum absolute atomic E-state index is 12.0. The summed E-state index contributed by atoms with van der Waals surface area (Å²) in [6.07, 6.45) is 5.03. The summed E-state index contributed by atoms with van der Waals surface area (Å²) < 4.78 is 1.69. The first kappa shape index (κ1) is 14.7. The minimum absolute atomic E-state index is 0.234. The van der Waals surface area contributed by atoms with Gasteiger partial charge in [-0.25, -0.2) is 0 Å². The van der Waals surface area contributed by atoms with Crippen LogP contribution in [-0.2, 0) is 11.8 Å². The fourth-order valence-corrected chi connectivity index (χ4v) is 2.65. The van der Waals surface area contributed by atoms with E-state index in [1.54, 1.807) is 29.9 Å². The van der Waals surface area contributed by atoms with Gasteiger partial charge in [0.1, 0.15) is 5.69 Å². The van der Waals surface area contributed by atoms with Crippen LogP contribution in [0.5, 0.6) is 0 Å². The molecule has 0 saturated carbocycles. The molecule has 110 valence electrons. The van der Waals surface area contributed by atoms with Gasteiger partial charge in [-0.05, 0) is 31.5 Å². The number of piperidine rings is 1. The molecular weight excluding hydrogens is 256 g/mol. The van der Waals surface area contributed by atoms with Crippen LogP contribution in [0.1, 0.15) is 29.8 Å². The normalized spacial score (nSPS) is 19.8. The van der Waals surface area contributed by atoms with E-state index in [1.807, 2.05) is 0 Å². The number of likely N-dealkylation sites (tertiary alicyclic amines) is 1. The minimum Gasteiger partial charge on any atom is -0.347 e. The molecule has 1 fully saturated rings. The highest BCUT2D eigenvalue weighted by Gasteiger charge is 2.24. The molecule has 2 rings (SSSR count). The molecule has 3 N–H and O–H groups in total. The fourth-order valence-electron chi connectivity index (χ4n) is 2.65. The third-order valence-corrected chi connectivity index (χ3v) is 3.80. The van der Waals surface area contributed by atoms with Gasteiger partial charge in [0, 0.05) is 25.8 Å². The molecule has 1 aliphatic rings. The second kappa shape index (κ2) is 6.67. The van der Waals surface area contributed by atoms with E-state index in [2.05, 4.69) is 10.2 Å². The van der Waals surface area contributed by atoms with E-state index in [0.29, 0.717) is 12.2 Å². The van der Waals surface area contributed by atoms with Crippen LogP contribution in [0.3, 0.4) is 0 Å². The van der Waals surface area contributed by atoms with E-state index < -0.39 is 0 Å². The highest BCUT2D eigenvalue weighted by Crippen LogP contribution is 2.15. The standard InChI is InChI=1S/C14H22N4O2/c1-17-7-4-6-12(17)14(20)16-13(19)10-18-8-3-2-5-11(18)9-15/h4,6-7,11H,2-3,5,8-10,15H2,1H3,(H,16,19,20). The van der Waals surface area contributed by atoms with Crippen molar-refractivity contribution in [3.8, 4) is 0 Å². The Hall–Kier alpha value is -1.66. The van der Waals surface area contributed by atoms with Gasteiger partial charge in [-0.3, -0.25) is 19.8 Å². The van der Waals surface area contributed by atoms with Crippen molar-refractivity contribution in [2.45, 2.75) is 25.3 Å². The molecule has 1 aliphatic heterocycles. The number of nitrogens with zero attached hydrogens (tertiary/aromatic N) is 2. The molecule has 6 heteroatoms. The Balaban J connectivity index is 1.89. The molecule has 0 radical (unpaired) electrons. The Kier molecular flexibility index (Phi) is 4.92. The van der Waals surface area contributed by atoms with Gasteiger partial charge in [-0.2, -0.15) is 0 Å². The fraction of sp³-hybridized carbons (Fsp3) is 0.571. The zero-order valence-electron chi connectivity index (χ0n) is 11.8. The van der Waals surface area contributed by atoms with E-state index in [-0.39, 0.29) is 24.4 Å². The van der Waals surface area contributed by atoms with Crippen molar-refractivity contribution >= 4 is 11.8 Å². The average Bonchev–Trinajstić information content (AvgIpc) is 2.85. The average molecular weight is 278 g/mol. The first-order valence-electron chi connectivity index (χ1n) is 7.01. The van der Waals surface area contributed by atoms with Crippen LogP contribution in [0.25, 0.3) is 0 Å². The summed E-state index contributed by atoms with van der Waals surface area (Å²) in [5.41, 5.74) is 6.20. The van der Waals surface area contributed by atoms with Crippen LogP contribution in [-0.4, -0.2) is 47.0 Å². The van der Waals surface area contributed by atoms with Crippen molar-refractivity contribution in [3.63, 3.8) is 0 Å². The summed E-state index contributed by atoms with van der Waals surface area (Å²) in [7, 11) is 1.77. The van der Waals surface area contributed by atoms with Gasteiger partial charge in [-0.15, -0.1) is 0 Å². The zero-order chi connectivity index (χ0) is 14.5. The number of amides is 2. The molecule has 1 aromatic rings. The van der Waals surface area contributed by atoms with Gasteiger partial charge in [0.2, 0.25) is 5.91 Å². The summed E-state index contributed by atoms with van der Waals surface area (Å²) in [5.74, 6) is -0.625. The third-order valence-electron chi connectivity index (χ3n) is 3.80. The van der Waals surface area contributed by atoms with Crippen LogP contribution in [0.2, 0.25) is 0 Å². The monoisotopic (exact) mass is 278 g/mol. The first-order chi connectivity index (χ1) is 9.61. The Morgan fingerprint density at radius 3 is 2.90 bits per heavy atom. The molecule has 1 atom stereocenters. The number of aromatic nitrogens is 1. The zero-order valence-corrected chi connectivity index (χ0v) is 11.8. The summed E-state index contributed by atoms with van der Waals surface area (Å²) in [4.78, 5) is 26.0. The number of rotatable bonds is 4. The predicted octanol–water partition coefficient (Wildman–Crippen LogP) is 0.0947. The summed E-state index contributed by atoms with van der Waals surface area (Å²) in [5, 5.41) is 2.43. The first-order valence-corrected chi connectivity index (χ1v) is 7.01. The molecule has 0 bridgehead atoms. The molecular formula is C14H22N4O2. The van der Waals surface area contributed by atoms with E-state index >= 15 is 0 Å². The molecule has 1 aromatic heterocycles. The van der Waals surface area contributed by atoms with Crippen LogP contribution in [0.15, 0.2) is 18.3 Å². The SMILES string of the molecule is Cn1cccc1C(=O)NC(=O)CN1CCCCC1CN. The van der Waals surface area contributed by atoms with E-state index in [9.17, 15) is 9.59 Å². The number of imide groups is 1. The summed E-state index contributed by atoms with van der Waals surface area (Å²) in [6, 6.07) is 3.71. The smallest absolute Gasteiger partial charge is 0.274 e. The van der Waals surface area contributed by atoms with Crippen molar-refractivity contribution in [3.05, 3.63) is 24.0 Å². The van der Waals surface area contributed by atoms with E-state index in [1.165, 1.54) is 0 Å². The summed E-state index contributed by atoms with van der Waals surface area (Å²) in [6.45, 7) is 1.66. The third kappa shape index (κ3) is 3.46. The minimum atomic E-state index is -0.358. The topological polar surface area (TPSA) is 80.4 Å². The Labute approximate surface area is 118 Å². The van der Waals surface area contributed by atoms with Gasteiger partial charge in [0.05, 0.1) is 6.54 Å². The predicted molar refractivity (Wildman–Crippen MR) is 76.2 cm³/mol. The van der Waals surface area contributed by atoms with Crippen LogP contribution in [0.4, 0.5) is 0 Å². The Morgan fingerprint density at radius 2 is 2.25 bits per heavy atom. The molecule has 6 nitrogen and oxygen atoms in total. The lowest BCUT2D eigenvalue weighted by molar-refractivity contribution is -0.122. The van der Waals surface area contributed by atoms with Crippen molar-refractivity contribution in [2.24, 2.45) is 12.8 Å². The number of carbonyl (C=O) groups excluding carboxylic acids is 2. The van der Waals surface area contributed by atoms with Gasteiger partial charge in [-0.1, -0.05) is 6.42 Å². The van der Waals surface area contributed by atoms with Crippen molar-refractivity contribution < 1.29 is 9.59 Å². The molecule has 1 saturated heterocycles. The lowest BCUT2D eigenvalue weighted by atomic mass is 10.0. The Morgan fingerprint density at radius 1 is 1.45 bits per heavy atom. The van der Waals surface area contributed by atoms with Crippen molar-refractivity contribution in [2.75, 3.05) is 19.6 Å². The maximum atomic E-state index is 12.0. The van der Waals surface area contributed by atoms with Crippen molar-refractivity contribution in [1.82, 2.24) is 14.8 Å². The second-order valence-electron chi connectivity index (χ2n) is 5.24. The lowest BCUT2D eigenvalue weighted by Gasteiger charge is -2.34. The Bertz CT molecular complexity index is 483. The molecule has 2 amide bonds. The molecule has 1 unspecified atom stereocenters. The van der Waals surface area contributed by atoms with Gasteiger partial charge in [0.25, 0.3) is 5.91 Å². The number of nitrogens with one attached hydrogen (secondary N) is 1. The highest BCUT2D eigenvalue weighted by atomic mass is 16.2. The number of aryl methyl sites for hydroxylation is 1. The summed E-state index contributed by atoms with van der Waals surface area (Å²) >= 11 is 0. The number of hydrogen-bond acceptors (Lipinski definition) is 4. The van der Waals surface area contributed by atoms with E-state index in [0.717, 1.165) is 25.8 Å². The van der Waals surface area contributed by atoms with Crippen molar-refractivity contribution in [1.29, 1.82) is 0 Å². The maximum Gasteiger partial charge on any atom is 0.274 e. The molecule has 0 spiro atoms. The second-order valence-corrected chi connectivity index (χ2v) is 5.24. The van der Waals surface area contributed by atoms with Gasteiger partial charge in [0.15, 0.2) is 0 Å². The van der Waals surface area contributed by atoms with E-state index in [4.69, 9.17) is 5.73 Å². The number of hydrogen-bond donors (Lipinski definition) is 2.